The molecule has 14 heteroatoms. The molecule has 0 radical (unpaired) electrons. The Hall–Kier alpha value is -1.67. The van der Waals surface area contributed by atoms with Gasteiger partial charge in [0.25, 0.3) is 0 Å². The van der Waals surface area contributed by atoms with E-state index in [0.29, 0.717) is 12.8 Å². The lowest BCUT2D eigenvalue weighted by molar-refractivity contribution is -0.220. The fraction of sp³-hybridized carbons (Fsp3) is 0.867. The van der Waals surface area contributed by atoms with Crippen molar-refractivity contribution in [2.75, 3.05) is 13.2 Å². The zero-order valence-electron chi connectivity index (χ0n) is 36.6. The smallest absolute Gasteiger partial charge is 0.462 e. The van der Waals surface area contributed by atoms with Gasteiger partial charge in [0.05, 0.1) is 6.61 Å². The van der Waals surface area contributed by atoms with Crippen LogP contribution in [0.4, 0.5) is 0 Å². The molecule has 0 bridgehead atoms. The number of hydrogen-bond acceptors (Lipinski definition) is 12. The first-order valence-electron chi connectivity index (χ1n) is 23.1. The van der Waals surface area contributed by atoms with Gasteiger partial charge in [0, 0.05) is 12.8 Å². The Morgan fingerprint density at radius 1 is 0.508 bits per heavy atom. The van der Waals surface area contributed by atoms with E-state index in [9.17, 15) is 44.6 Å². The number of ether oxygens (including phenoxy) is 2. The number of phosphoric ester groups is 1. The van der Waals surface area contributed by atoms with Crippen LogP contribution in [0.1, 0.15) is 194 Å². The van der Waals surface area contributed by atoms with Crippen molar-refractivity contribution in [3.05, 3.63) is 24.3 Å². The molecule has 13 nitrogen and oxygen atoms in total. The van der Waals surface area contributed by atoms with E-state index >= 15 is 0 Å². The van der Waals surface area contributed by atoms with Gasteiger partial charge >= 0.3 is 19.8 Å². The average Bonchev–Trinajstić information content (AvgIpc) is 3.21. The third kappa shape index (κ3) is 28.5. The minimum atomic E-state index is -5.12. The van der Waals surface area contributed by atoms with Crippen LogP contribution in [0.25, 0.3) is 0 Å². The Morgan fingerprint density at radius 3 is 1.31 bits per heavy atom. The van der Waals surface area contributed by atoms with Gasteiger partial charge < -0.3 is 39.9 Å². The maximum Gasteiger partial charge on any atom is 0.472 e. The highest BCUT2D eigenvalue weighted by Crippen LogP contribution is 2.47. The molecule has 1 rings (SSSR count). The van der Waals surface area contributed by atoms with E-state index in [-0.39, 0.29) is 12.8 Å². The standard InChI is InChI=1S/C45H83O13P/c1-3-5-7-9-11-13-15-17-19-21-23-25-27-29-31-33-38(46)55-35-37(36-56-59(53,54)58-45-43(51)41(49)40(48)42(50)44(45)52)57-39(47)34-32-30-28-26-24-22-20-18-16-14-12-10-8-6-4-2/h18,20-21,23,37,40-45,48-52H,3-17,19,22,24-36H2,1-2H3,(H,53,54)/b20-18+,23-21+/t37-,40?,41-,42?,43?,44?,45?/m1/s1. The Bertz CT molecular complexity index is 1130. The monoisotopic (exact) mass is 863 g/mol. The van der Waals surface area contributed by atoms with E-state index in [2.05, 4.69) is 38.2 Å². The molecule has 1 aliphatic rings. The zero-order valence-corrected chi connectivity index (χ0v) is 37.4. The van der Waals surface area contributed by atoms with Gasteiger partial charge in [-0.25, -0.2) is 4.57 Å². The van der Waals surface area contributed by atoms with Gasteiger partial charge in [-0.1, -0.05) is 141 Å². The van der Waals surface area contributed by atoms with Gasteiger partial charge in [-0.2, -0.15) is 0 Å². The summed E-state index contributed by atoms with van der Waals surface area (Å²) in [6.45, 7) is 3.27. The van der Waals surface area contributed by atoms with Crippen molar-refractivity contribution in [1.29, 1.82) is 0 Å². The molecule has 0 aromatic rings. The third-order valence-corrected chi connectivity index (χ3v) is 11.8. The van der Waals surface area contributed by atoms with E-state index in [1.165, 1.54) is 89.9 Å². The molecule has 1 fully saturated rings. The predicted molar refractivity (Wildman–Crippen MR) is 230 cm³/mol. The van der Waals surface area contributed by atoms with Crippen molar-refractivity contribution in [3.63, 3.8) is 0 Å². The normalized spacial score (nSPS) is 22.5. The number of rotatable bonds is 38. The van der Waals surface area contributed by atoms with E-state index in [1.807, 2.05) is 0 Å². The number of allylic oxidation sites excluding steroid dienone is 4. The van der Waals surface area contributed by atoms with Crippen molar-refractivity contribution in [2.24, 2.45) is 0 Å². The summed E-state index contributed by atoms with van der Waals surface area (Å²) in [5.74, 6) is -1.12. The van der Waals surface area contributed by atoms with Crippen LogP contribution in [0.2, 0.25) is 0 Å². The van der Waals surface area contributed by atoms with Gasteiger partial charge in [0.2, 0.25) is 0 Å². The van der Waals surface area contributed by atoms with Gasteiger partial charge in [-0.05, 0) is 64.2 Å². The quantitative estimate of drug-likeness (QED) is 0.0149. The first-order valence-corrected chi connectivity index (χ1v) is 24.6. The molecule has 0 aromatic heterocycles. The van der Waals surface area contributed by atoms with Crippen molar-refractivity contribution < 1.29 is 63.1 Å². The number of aliphatic hydroxyl groups is 5. The summed E-state index contributed by atoms with van der Waals surface area (Å²) in [7, 11) is -5.12. The Balaban J connectivity index is 2.48. The Labute approximate surface area is 356 Å². The minimum absolute atomic E-state index is 0.0853. The molecule has 6 unspecified atom stereocenters. The van der Waals surface area contributed by atoms with Gasteiger partial charge in [-0.3, -0.25) is 18.6 Å². The maximum atomic E-state index is 12.8. The zero-order chi connectivity index (χ0) is 43.6. The van der Waals surface area contributed by atoms with Crippen LogP contribution in [-0.4, -0.2) is 98.3 Å². The molecule has 346 valence electrons. The largest absolute Gasteiger partial charge is 0.472 e. The van der Waals surface area contributed by atoms with Crippen LogP contribution in [0, 0.1) is 0 Å². The van der Waals surface area contributed by atoms with Crippen LogP contribution in [0.3, 0.4) is 0 Å². The summed E-state index contributed by atoms with van der Waals surface area (Å²) in [4.78, 5) is 35.7. The van der Waals surface area contributed by atoms with Crippen molar-refractivity contribution >= 4 is 19.8 Å². The summed E-state index contributed by atoms with van der Waals surface area (Å²) in [5.41, 5.74) is 0. The molecule has 0 amide bonds. The van der Waals surface area contributed by atoms with Crippen LogP contribution >= 0.6 is 7.82 Å². The topological polar surface area (TPSA) is 210 Å². The summed E-state index contributed by atoms with van der Waals surface area (Å²) in [6, 6.07) is 0. The second kappa shape index (κ2) is 35.9. The molecule has 0 heterocycles. The third-order valence-electron chi connectivity index (χ3n) is 10.8. The van der Waals surface area contributed by atoms with Crippen molar-refractivity contribution in [2.45, 2.75) is 236 Å². The summed E-state index contributed by atoms with van der Waals surface area (Å²) < 4.78 is 33.5. The number of hydrogen-bond donors (Lipinski definition) is 6. The van der Waals surface area contributed by atoms with Gasteiger partial charge in [-0.15, -0.1) is 0 Å². The molecular weight excluding hydrogens is 779 g/mol. The van der Waals surface area contributed by atoms with E-state index in [1.54, 1.807) is 0 Å². The lowest BCUT2D eigenvalue weighted by Crippen LogP contribution is -2.64. The highest BCUT2D eigenvalue weighted by molar-refractivity contribution is 7.47. The molecular formula is C45H83O13P. The van der Waals surface area contributed by atoms with Crippen LogP contribution in [-0.2, 0) is 32.7 Å². The van der Waals surface area contributed by atoms with E-state index < -0.39 is 75.7 Å². The first-order chi connectivity index (χ1) is 28.4. The number of aliphatic hydroxyl groups excluding tert-OH is 5. The lowest BCUT2D eigenvalue weighted by atomic mass is 9.85. The molecule has 59 heavy (non-hydrogen) atoms. The molecule has 1 aliphatic carbocycles. The Kier molecular flexibility index (Phi) is 33.7. The predicted octanol–water partition coefficient (Wildman–Crippen LogP) is 8.84. The number of unbranched alkanes of at least 4 members (excludes halogenated alkanes) is 22. The number of esters is 2. The second-order valence-corrected chi connectivity index (χ2v) is 17.7. The molecule has 0 saturated heterocycles. The summed E-state index contributed by atoms with van der Waals surface area (Å²) in [5, 5.41) is 50.1. The average molecular weight is 863 g/mol. The minimum Gasteiger partial charge on any atom is -0.462 e. The van der Waals surface area contributed by atoms with Gasteiger partial charge in [0.1, 0.15) is 43.2 Å². The molecule has 1 saturated carbocycles. The number of phosphoric acid groups is 1. The second-order valence-electron chi connectivity index (χ2n) is 16.3. The molecule has 6 N–H and O–H groups in total. The summed E-state index contributed by atoms with van der Waals surface area (Å²) >= 11 is 0. The van der Waals surface area contributed by atoms with Gasteiger partial charge in [0.15, 0.2) is 6.10 Å². The number of carbonyl (C=O) groups is 2. The number of carbonyl (C=O) groups excluding carboxylic acids is 2. The highest BCUT2D eigenvalue weighted by Gasteiger charge is 2.51. The van der Waals surface area contributed by atoms with E-state index in [0.717, 1.165) is 64.2 Å². The van der Waals surface area contributed by atoms with Crippen molar-refractivity contribution in [3.8, 4) is 0 Å². The first kappa shape index (κ1) is 55.3. The van der Waals surface area contributed by atoms with E-state index in [4.69, 9.17) is 18.5 Å². The summed E-state index contributed by atoms with van der Waals surface area (Å²) in [6.07, 6.45) is 25.2. The SMILES string of the molecule is CCCCCCCC/C=C/CCCCCCCC(=O)O[C@H](COC(=O)CCCCC/C=C/CCCCCCCCCC)COP(=O)(O)OC1C(O)C(O)C(O)[C@@H](O)C1O. The molecule has 0 aromatic carbocycles. The lowest BCUT2D eigenvalue weighted by Gasteiger charge is -2.41. The molecule has 8 atom stereocenters. The van der Waals surface area contributed by atoms with Crippen LogP contribution in [0.15, 0.2) is 24.3 Å². The van der Waals surface area contributed by atoms with Crippen molar-refractivity contribution in [1.82, 2.24) is 0 Å². The molecule has 0 spiro atoms. The fourth-order valence-electron chi connectivity index (χ4n) is 6.98. The highest BCUT2D eigenvalue weighted by atomic mass is 31.2. The Morgan fingerprint density at radius 2 is 0.864 bits per heavy atom. The van der Waals surface area contributed by atoms with Crippen LogP contribution in [0.5, 0.6) is 0 Å². The maximum absolute atomic E-state index is 12.8. The molecule has 0 aliphatic heterocycles. The fourth-order valence-corrected chi connectivity index (χ4v) is 7.95. The van der Waals surface area contributed by atoms with Crippen LogP contribution < -0.4 is 0 Å².